The third-order valence-electron chi connectivity index (χ3n) is 2.67. The zero-order chi connectivity index (χ0) is 15.6. The summed E-state index contributed by atoms with van der Waals surface area (Å²) in [6.07, 6.45) is 0.896. The van der Waals surface area contributed by atoms with Gasteiger partial charge in [-0.05, 0) is 17.5 Å². The standard InChI is InChI=1S/C13H12N2O6/c1-7-4-5-9-15(14-7)11(13(18)21-9)8(12(17)20-3)6-10(16)19-2/h4-6H,1-3H3/p+1. The average molecular weight is 293 g/mol. The van der Waals surface area contributed by atoms with E-state index in [1.165, 1.54) is 4.52 Å². The van der Waals surface area contributed by atoms with Gasteiger partial charge < -0.3 is 19.0 Å². The molecule has 0 saturated heterocycles. The van der Waals surface area contributed by atoms with Gasteiger partial charge in [0.15, 0.2) is 0 Å². The smallest absolute Gasteiger partial charge is 0.407 e. The number of nitrogens with zero attached hydrogens (tertiary/aromatic N) is 2. The van der Waals surface area contributed by atoms with Crippen molar-refractivity contribution in [3.63, 3.8) is 0 Å². The van der Waals surface area contributed by atoms with Crippen molar-refractivity contribution >= 4 is 23.2 Å². The molecule has 21 heavy (non-hydrogen) atoms. The number of hydrogen-bond acceptors (Lipinski definition) is 7. The van der Waals surface area contributed by atoms with E-state index in [1.54, 1.807) is 19.1 Å². The molecule has 2 rings (SSSR count). The van der Waals surface area contributed by atoms with Gasteiger partial charge in [0.2, 0.25) is 0 Å². The monoisotopic (exact) mass is 293 g/mol. The predicted octanol–water partition coefficient (Wildman–Crippen LogP) is 0.157. The van der Waals surface area contributed by atoms with Crippen molar-refractivity contribution in [2.45, 2.75) is 6.92 Å². The Morgan fingerprint density at radius 3 is 2.67 bits per heavy atom. The Kier molecular flexibility index (Phi) is 3.88. The number of esters is 2. The minimum Gasteiger partial charge on any atom is -0.476 e. The Hall–Kier alpha value is -2.90. The summed E-state index contributed by atoms with van der Waals surface area (Å²) in [4.78, 5) is 23.3. The number of methoxy groups -OCH3 is 2. The van der Waals surface area contributed by atoms with E-state index in [-0.39, 0.29) is 17.0 Å². The Labute approximate surface area is 119 Å². The molecule has 2 heterocycles. The van der Waals surface area contributed by atoms with Crippen molar-refractivity contribution in [1.29, 1.82) is 0 Å². The lowest BCUT2D eigenvalue weighted by Crippen LogP contribution is -2.31. The fourth-order valence-electron chi connectivity index (χ4n) is 1.72. The van der Waals surface area contributed by atoms with Crippen LogP contribution in [0, 0.1) is 6.92 Å². The fourth-order valence-corrected chi connectivity index (χ4v) is 1.72. The summed E-state index contributed by atoms with van der Waals surface area (Å²) in [6, 6.07) is 3.24. The van der Waals surface area contributed by atoms with E-state index in [4.69, 9.17) is 4.42 Å². The molecule has 0 fully saturated rings. The number of fused-ring (bicyclic) bond motifs is 1. The number of carbonyl (C=O) groups is 2. The first-order valence-electron chi connectivity index (χ1n) is 5.87. The minimum absolute atomic E-state index is 0.0917. The normalized spacial score (nSPS) is 11.5. The molecule has 0 aliphatic carbocycles. The van der Waals surface area contributed by atoms with Gasteiger partial charge >= 0.3 is 29.3 Å². The summed E-state index contributed by atoms with van der Waals surface area (Å²) in [5.74, 6) is -2.18. The lowest BCUT2D eigenvalue weighted by molar-refractivity contribution is -0.585. The molecule has 0 saturated carbocycles. The Bertz CT molecular complexity index is 746. The van der Waals surface area contributed by atoms with Gasteiger partial charge in [0.25, 0.3) is 0 Å². The first kappa shape index (κ1) is 14.5. The quantitative estimate of drug-likeness (QED) is 0.488. The largest absolute Gasteiger partial charge is 0.476 e. The van der Waals surface area contributed by atoms with Crippen LogP contribution in [0.4, 0.5) is 0 Å². The van der Waals surface area contributed by atoms with Crippen LogP contribution in [0.15, 0.2) is 22.6 Å². The van der Waals surface area contributed by atoms with Crippen molar-refractivity contribution in [2.75, 3.05) is 14.2 Å². The second-order valence-electron chi connectivity index (χ2n) is 4.05. The highest BCUT2D eigenvalue weighted by Crippen LogP contribution is 2.25. The predicted molar refractivity (Wildman–Crippen MR) is 68.1 cm³/mol. The maximum Gasteiger partial charge on any atom is 0.407 e. The van der Waals surface area contributed by atoms with Gasteiger partial charge in [0, 0.05) is 11.2 Å². The zero-order valence-corrected chi connectivity index (χ0v) is 11.6. The van der Waals surface area contributed by atoms with Gasteiger partial charge in [-0.3, -0.25) is 0 Å². The van der Waals surface area contributed by atoms with Gasteiger partial charge in [-0.25, -0.2) is 9.59 Å². The van der Waals surface area contributed by atoms with Crippen LogP contribution in [-0.2, 0) is 19.1 Å². The Balaban J connectivity index is 2.73. The van der Waals surface area contributed by atoms with E-state index in [9.17, 15) is 14.7 Å². The molecular weight excluding hydrogens is 280 g/mol. The van der Waals surface area contributed by atoms with Gasteiger partial charge in [0.1, 0.15) is 11.3 Å². The highest BCUT2D eigenvalue weighted by molar-refractivity contribution is 6.20. The van der Waals surface area contributed by atoms with Gasteiger partial charge in [-0.15, -0.1) is 0 Å². The van der Waals surface area contributed by atoms with Crippen molar-refractivity contribution in [2.24, 2.45) is 0 Å². The summed E-state index contributed by atoms with van der Waals surface area (Å²) in [5.41, 5.74) is 0.499. The van der Waals surface area contributed by atoms with Gasteiger partial charge in [-0.1, -0.05) is 0 Å². The molecule has 2 aromatic rings. The van der Waals surface area contributed by atoms with E-state index >= 15 is 0 Å². The van der Waals surface area contributed by atoms with Gasteiger partial charge in [-0.2, -0.15) is 0 Å². The number of aromatic hydroxyl groups is 1. The molecule has 0 bridgehead atoms. The topological polar surface area (TPSA) is 103 Å². The second kappa shape index (κ2) is 5.61. The Morgan fingerprint density at radius 1 is 1.33 bits per heavy atom. The Morgan fingerprint density at radius 2 is 2.05 bits per heavy atom. The summed E-state index contributed by atoms with van der Waals surface area (Å²) >= 11 is 0. The van der Waals surface area contributed by atoms with Gasteiger partial charge in [0.05, 0.1) is 20.3 Å². The molecule has 1 N–H and O–H groups in total. The molecule has 8 nitrogen and oxygen atoms in total. The third kappa shape index (κ3) is 2.69. The number of carbonyl (C=O) groups excluding carboxylic acids is 2. The van der Waals surface area contributed by atoms with Crippen LogP contribution in [0.1, 0.15) is 11.4 Å². The van der Waals surface area contributed by atoms with Crippen molar-refractivity contribution in [1.82, 2.24) is 5.10 Å². The molecule has 0 spiro atoms. The van der Waals surface area contributed by atoms with E-state index in [2.05, 4.69) is 14.6 Å². The minimum atomic E-state index is -0.839. The van der Waals surface area contributed by atoms with Crippen molar-refractivity contribution < 1.29 is 33.1 Å². The number of aromatic nitrogens is 2. The van der Waals surface area contributed by atoms with Crippen molar-refractivity contribution in [3.05, 3.63) is 29.6 Å². The van der Waals surface area contributed by atoms with E-state index < -0.39 is 17.9 Å². The highest BCUT2D eigenvalue weighted by atomic mass is 16.5. The zero-order valence-electron chi connectivity index (χ0n) is 11.6. The molecule has 0 unspecified atom stereocenters. The molecule has 0 aliphatic rings. The highest BCUT2D eigenvalue weighted by Gasteiger charge is 2.34. The van der Waals surface area contributed by atoms with Crippen LogP contribution in [0.5, 0.6) is 5.95 Å². The maximum atomic E-state index is 11.9. The summed E-state index contributed by atoms with van der Waals surface area (Å²) in [6.45, 7) is 1.72. The van der Waals surface area contributed by atoms with Crippen LogP contribution in [0.2, 0.25) is 0 Å². The molecule has 8 heteroatoms. The molecular formula is C13H13N2O6+. The van der Waals surface area contributed by atoms with E-state index in [0.29, 0.717) is 5.69 Å². The van der Waals surface area contributed by atoms with Crippen LogP contribution in [-0.4, -0.2) is 36.4 Å². The summed E-state index contributed by atoms with van der Waals surface area (Å²) in [7, 11) is 2.31. The van der Waals surface area contributed by atoms with Crippen LogP contribution >= 0.6 is 0 Å². The second-order valence-corrected chi connectivity index (χ2v) is 4.05. The first-order chi connectivity index (χ1) is 9.97. The van der Waals surface area contributed by atoms with Crippen LogP contribution < -0.4 is 4.52 Å². The first-order valence-corrected chi connectivity index (χ1v) is 5.87. The average Bonchev–Trinajstić information content (AvgIpc) is 2.79. The molecule has 0 aromatic carbocycles. The molecule has 0 aliphatic heterocycles. The lowest BCUT2D eigenvalue weighted by Gasteiger charge is -1.99. The number of ether oxygens (including phenoxy) is 2. The van der Waals surface area contributed by atoms with Crippen LogP contribution in [0.25, 0.3) is 11.3 Å². The SMILES string of the molecule is COC(=O)/C=C(/C(=O)OC)c1c(O)oc2ccc(C)n[n+]12. The number of oxazole rings is 1. The van der Waals surface area contributed by atoms with Crippen LogP contribution in [0.3, 0.4) is 0 Å². The third-order valence-corrected chi connectivity index (χ3v) is 2.67. The molecule has 0 atom stereocenters. The fraction of sp³-hybridized carbons (Fsp3) is 0.231. The van der Waals surface area contributed by atoms with Crippen molar-refractivity contribution in [3.8, 4) is 5.95 Å². The number of aryl methyl sites for hydroxylation is 1. The number of hydrogen-bond donors (Lipinski definition) is 1. The molecule has 0 amide bonds. The molecule has 0 radical (unpaired) electrons. The van der Waals surface area contributed by atoms with E-state index in [1.807, 2.05) is 0 Å². The molecule has 110 valence electrons. The summed E-state index contributed by atoms with van der Waals surface area (Å²) < 4.78 is 15.4. The molecule has 2 aromatic heterocycles. The number of rotatable bonds is 3. The maximum absolute atomic E-state index is 11.9. The summed E-state index contributed by atoms with van der Waals surface area (Å²) in [5, 5.41) is 14.0. The van der Waals surface area contributed by atoms with E-state index in [0.717, 1.165) is 20.3 Å². The lowest BCUT2D eigenvalue weighted by atomic mass is 10.2.